The Hall–Kier alpha value is -4.42. The summed E-state index contributed by atoms with van der Waals surface area (Å²) in [5, 5.41) is 18.2. The van der Waals surface area contributed by atoms with Crippen LogP contribution in [-0.4, -0.2) is 49.4 Å². The molecular weight excluding hydrogens is 481 g/mol. The summed E-state index contributed by atoms with van der Waals surface area (Å²) in [5.41, 5.74) is 1.70. The molecule has 0 radical (unpaired) electrons. The van der Waals surface area contributed by atoms with E-state index >= 15 is 0 Å². The van der Waals surface area contributed by atoms with Crippen molar-refractivity contribution >= 4 is 17.9 Å². The predicted molar refractivity (Wildman–Crippen MR) is 120 cm³/mol. The first kappa shape index (κ1) is 23.3. The summed E-state index contributed by atoms with van der Waals surface area (Å²) in [6, 6.07) is 4.63. The lowest BCUT2D eigenvalue weighted by Crippen LogP contribution is -2.13. The number of fused-ring (bicyclic) bond motifs is 3. The van der Waals surface area contributed by atoms with Crippen molar-refractivity contribution in [3.8, 4) is 22.6 Å². The van der Waals surface area contributed by atoms with Crippen molar-refractivity contribution in [3.63, 3.8) is 0 Å². The van der Waals surface area contributed by atoms with Gasteiger partial charge in [0, 0.05) is 35.0 Å². The number of halogens is 3. The van der Waals surface area contributed by atoms with Crippen LogP contribution in [0.25, 0.3) is 16.8 Å². The van der Waals surface area contributed by atoms with Crippen LogP contribution < -0.4 is 14.8 Å². The van der Waals surface area contributed by atoms with Gasteiger partial charge in [0.2, 0.25) is 0 Å². The number of ether oxygens (including phenoxy) is 2. The summed E-state index contributed by atoms with van der Waals surface area (Å²) in [6.07, 6.45) is -0.00525. The molecule has 0 spiro atoms. The zero-order valence-corrected chi connectivity index (χ0v) is 18.8. The molecule has 186 valence electrons. The molecule has 1 atom stereocenters. The molecule has 13 heteroatoms. The average molecular weight is 500 g/mol. The van der Waals surface area contributed by atoms with E-state index in [-0.39, 0.29) is 42.7 Å². The highest BCUT2D eigenvalue weighted by molar-refractivity contribution is 5.82. The molecule has 5 heterocycles. The predicted octanol–water partition coefficient (Wildman–Crippen LogP) is 3.75. The number of aromatic nitrogens is 5. The van der Waals surface area contributed by atoms with Crippen molar-refractivity contribution in [1.82, 2.24) is 24.6 Å². The molecule has 3 aromatic heterocycles. The second-order valence-electron chi connectivity index (χ2n) is 8.03. The van der Waals surface area contributed by atoms with Crippen molar-refractivity contribution in [2.24, 2.45) is 0 Å². The van der Waals surface area contributed by atoms with Crippen LogP contribution in [0.5, 0.6) is 11.5 Å². The van der Waals surface area contributed by atoms with Crippen molar-refractivity contribution in [1.29, 1.82) is 0 Å². The van der Waals surface area contributed by atoms with Crippen LogP contribution in [0.3, 0.4) is 0 Å². The van der Waals surface area contributed by atoms with Gasteiger partial charge in [-0.15, -0.1) is 10.2 Å². The van der Waals surface area contributed by atoms with Gasteiger partial charge in [0.1, 0.15) is 29.4 Å². The molecule has 0 saturated carbocycles. The lowest BCUT2D eigenvalue weighted by atomic mass is 9.96. The van der Waals surface area contributed by atoms with Gasteiger partial charge in [-0.2, -0.15) is 0 Å². The highest BCUT2D eigenvalue weighted by Crippen LogP contribution is 2.42. The van der Waals surface area contributed by atoms with Crippen LogP contribution in [0.4, 0.5) is 19.0 Å². The first-order valence-corrected chi connectivity index (χ1v) is 10.8. The molecule has 0 fully saturated rings. The van der Waals surface area contributed by atoms with Gasteiger partial charge in [-0.3, -0.25) is 9.20 Å². The third-order valence-corrected chi connectivity index (χ3v) is 5.95. The van der Waals surface area contributed by atoms with Gasteiger partial charge in [0.15, 0.2) is 17.2 Å². The van der Waals surface area contributed by atoms with E-state index in [1.54, 1.807) is 23.5 Å². The third-order valence-electron chi connectivity index (χ3n) is 5.95. The molecule has 2 aliphatic rings. The van der Waals surface area contributed by atoms with E-state index in [0.717, 1.165) is 5.56 Å². The lowest BCUT2D eigenvalue weighted by Gasteiger charge is -2.17. The molecule has 0 saturated heterocycles. The van der Waals surface area contributed by atoms with Crippen LogP contribution in [0.1, 0.15) is 35.0 Å². The molecule has 36 heavy (non-hydrogen) atoms. The van der Waals surface area contributed by atoms with Gasteiger partial charge in [-0.25, -0.2) is 23.1 Å². The number of rotatable bonds is 2. The fraction of sp³-hybridized carbons (Fsp3) is 0.261. The van der Waals surface area contributed by atoms with Gasteiger partial charge >= 0.3 is 0 Å². The zero-order chi connectivity index (χ0) is 25.4. The molecule has 4 aromatic rings. The lowest BCUT2D eigenvalue weighted by molar-refractivity contribution is -0.122. The molecule has 1 aromatic carbocycles. The van der Waals surface area contributed by atoms with Gasteiger partial charge in [0.05, 0.1) is 19.1 Å². The van der Waals surface area contributed by atoms with Gasteiger partial charge in [-0.05, 0) is 25.1 Å². The average Bonchev–Trinajstić information content (AvgIpc) is 3.51. The Morgan fingerprint density at radius 2 is 1.97 bits per heavy atom. The molecular formula is C23H19F3N6O4. The number of carboxylic acid groups (broad SMARTS) is 1. The molecule has 0 bridgehead atoms. The number of alkyl halides is 2. The molecule has 10 nitrogen and oxygen atoms in total. The van der Waals surface area contributed by atoms with Crippen molar-refractivity contribution in [2.45, 2.75) is 25.8 Å². The monoisotopic (exact) mass is 500 g/mol. The van der Waals surface area contributed by atoms with E-state index < -0.39 is 12.1 Å². The quantitative estimate of drug-likeness (QED) is 0.396. The van der Waals surface area contributed by atoms with Crippen LogP contribution in [0.15, 0.2) is 30.7 Å². The summed E-state index contributed by atoms with van der Waals surface area (Å²) < 4.78 is 55.8. The Morgan fingerprint density at radius 3 is 2.72 bits per heavy atom. The SMILES string of the molecule is Cc1ncc(-c2cc3c(n4cnnc24)NCc2c(F)ccc4c2[C@H](CO4)CO3)c(C(F)F)n1.O=CO. The normalized spacial score (nSPS) is 15.8. The number of hydrogen-bond acceptors (Lipinski definition) is 8. The van der Waals surface area contributed by atoms with Crippen molar-refractivity contribution in [3.05, 3.63) is 59.2 Å². The van der Waals surface area contributed by atoms with E-state index in [0.29, 0.717) is 40.7 Å². The fourth-order valence-corrected chi connectivity index (χ4v) is 4.44. The van der Waals surface area contributed by atoms with Crippen LogP contribution >= 0.6 is 0 Å². The fourth-order valence-electron chi connectivity index (χ4n) is 4.44. The Labute approximate surface area is 201 Å². The maximum atomic E-state index is 14.7. The number of nitrogens with one attached hydrogen (secondary N) is 1. The largest absolute Gasteiger partial charge is 0.493 e. The van der Waals surface area contributed by atoms with Crippen LogP contribution in [-0.2, 0) is 11.3 Å². The summed E-state index contributed by atoms with van der Waals surface area (Å²) >= 11 is 0. The van der Waals surface area contributed by atoms with Crippen LogP contribution in [0, 0.1) is 12.7 Å². The molecule has 0 unspecified atom stereocenters. The smallest absolute Gasteiger partial charge is 0.290 e. The molecule has 2 aliphatic heterocycles. The van der Waals surface area contributed by atoms with Crippen molar-refractivity contribution < 1.29 is 32.5 Å². The number of nitrogens with zero attached hydrogens (tertiary/aromatic N) is 5. The number of benzene rings is 1. The van der Waals surface area contributed by atoms with Crippen molar-refractivity contribution in [2.75, 3.05) is 18.5 Å². The van der Waals surface area contributed by atoms with Gasteiger partial charge in [-0.1, -0.05) is 0 Å². The molecule has 0 aliphatic carbocycles. The van der Waals surface area contributed by atoms with E-state index in [1.165, 1.54) is 18.6 Å². The van der Waals surface area contributed by atoms with E-state index in [2.05, 4.69) is 25.5 Å². The highest BCUT2D eigenvalue weighted by Gasteiger charge is 2.32. The minimum atomic E-state index is -2.81. The summed E-state index contributed by atoms with van der Waals surface area (Å²) in [4.78, 5) is 16.4. The Kier molecular flexibility index (Phi) is 6.04. The first-order chi connectivity index (χ1) is 17.4. The minimum Gasteiger partial charge on any atom is -0.493 e. The van der Waals surface area contributed by atoms with E-state index in [1.807, 2.05) is 0 Å². The maximum absolute atomic E-state index is 14.7. The number of anilines is 1. The summed E-state index contributed by atoms with van der Waals surface area (Å²) in [6.45, 7) is 2.06. The summed E-state index contributed by atoms with van der Waals surface area (Å²) in [5.74, 6) is 1.25. The number of hydrogen-bond donors (Lipinski definition) is 2. The Balaban J connectivity index is 0.000000848. The Bertz CT molecular complexity index is 1460. The maximum Gasteiger partial charge on any atom is 0.290 e. The standard InChI is InChI=1S/C22H17F3N6O2.CH2O2/c1-10-26-5-13(19(29-10)20(24)25)12-4-17-22(31-9-28-30-21(12)31)27-6-14-15(23)2-3-16-18(14)11(7-32-16)8-33-17;2-1-3/h2-5,9,11,20,27H,6-8H2,1H3;1H,(H,2,3)/t11-;/m1./s1. The van der Waals surface area contributed by atoms with E-state index in [9.17, 15) is 13.2 Å². The minimum absolute atomic E-state index is 0.140. The van der Waals surface area contributed by atoms with Gasteiger partial charge in [0.25, 0.3) is 12.9 Å². The molecule has 2 N–H and O–H groups in total. The second-order valence-corrected chi connectivity index (χ2v) is 8.03. The van der Waals surface area contributed by atoms with Crippen LogP contribution in [0.2, 0.25) is 0 Å². The zero-order valence-electron chi connectivity index (χ0n) is 18.8. The number of aryl methyl sites for hydroxylation is 1. The second kappa shape index (κ2) is 9.32. The number of pyridine rings is 1. The van der Waals surface area contributed by atoms with E-state index in [4.69, 9.17) is 19.4 Å². The number of carbonyl (C=O) groups is 1. The first-order valence-electron chi connectivity index (χ1n) is 10.8. The molecule has 0 amide bonds. The highest BCUT2D eigenvalue weighted by atomic mass is 19.3. The third kappa shape index (κ3) is 3.91. The van der Waals surface area contributed by atoms with Gasteiger partial charge < -0.3 is 19.9 Å². The molecule has 6 rings (SSSR count). The topological polar surface area (TPSA) is 124 Å². The Morgan fingerprint density at radius 1 is 1.22 bits per heavy atom. The summed E-state index contributed by atoms with van der Waals surface area (Å²) in [7, 11) is 0.